The first-order chi connectivity index (χ1) is 14.3. The van der Waals surface area contributed by atoms with Gasteiger partial charge in [-0.15, -0.1) is 0 Å². The molecule has 2 aliphatic carbocycles. The molecule has 5 rings (SSSR count). The Bertz CT molecular complexity index is 678. The van der Waals surface area contributed by atoms with Crippen molar-refractivity contribution in [1.82, 2.24) is 9.80 Å². The number of carbonyl (C=O) groups excluding carboxylic acids is 1. The number of benzene rings is 1. The number of likely N-dealkylation sites (tertiary alicyclic amines) is 1. The van der Waals surface area contributed by atoms with Gasteiger partial charge >= 0.3 is 0 Å². The maximum Gasteiger partial charge on any atom is 0.225 e. The topological polar surface area (TPSA) is 32.8 Å². The van der Waals surface area contributed by atoms with E-state index < -0.39 is 0 Å². The Morgan fingerprint density at radius 2 is 1.69 bits per heavy atom. The van der Waals surface area contributed by atoms with Crippen LogP contribution < -0.4 is 0 Å². The zero-order valence-corrected chi connectivity index (χ0v) is 17.7. The van der Waals surface area contributed by atoms with Crippen LogP contribution in [-0.4, -0.2) is 60.6 Å². The highest BCUT2D eigenvalue weighted by Gasteiger charge is 2.34. The summed E-state index contributed by atoms with van der Waals surface area (Å²) in [5.74, 6) is 1.37. The van der Waals surface area contributed by atoms with Crippen LogP contribution >= 0.6 is 0 Å². The predicted molar refractivity (Wildman–Crippen MR) is 115 cm³/mol. The van der Waals surface area contributed by atoms with E-state index in [2.05, 4.69) is 34.1 Å². The van der Waals surface area contributed by atoms with E-state index in [1.807, 2.05) is 0 Å². The summed E-state index contributed by atoms with van der Waals surface area (Å²) in [6.07, 6.45) is 10.9. The Morgan fingerprint density at radius 3 is 2.28 bits per heavy atom. The number of fused-ring (bicyclic) bond motifs is 1. The van der Waals surface area contributed by atoms with Crippen LogP contribution in [-0.2, 0) is 22.4 Å². The van der Waals surface area contributed by atoms with E-state index in [0.29, 0.717) is 23.8 Å². The van der Waals surface area contributed by atoms with Crippen molar-refractivity contribution in [2.45, 2.75) is 69.9 Å². The van der Waals surface area contributed by atoms with Gasteiger partial charge in [-0.05, 0) is 81.5 Å². The summed E-state index contributed by atoms with van der Waals surface area (Å²) in [7, 11) is 0. The Kier molecular flexibility index (Phi) is 5.92. The lowest BCUT2D eigenvalue weighted by Gasteiger charge is -2.39. The summed E-state index contributed by atoms with van der Waals surface area (Å²) in [4.78, 5) is 18.0. The van der Waals surface area contributed by atoms with Crippen molar-refractivity contribution in [3.05, 3.63) is 35.4 Å². The van der Waals surface area contributed by atoms with Crippen LogP contribution in [0.15, 0.2) is 24.3 Å². The maximum atomic E-state index is 13.0. The minimum absolute atomic E-state index is 0.274. The van der Waals surface area contributed by atoms with Crippen LogP contribution in [0, 0.1) is 11.8 Å². The summed E-state index contributed by atoms with van der Waals surface area (Å²) < 4.78 is 5.87. The molecule has 4 aliphatic rings. The first-order valence-corrected chi connectivity index (χ1v) is 12.0. The monoisotopic (exact) mass is 396 g/mol. The standard InChI is InChI=1S/C25H36N2O2/c28-25(20-7-3-8-20)27(18-24-9-4-14-29-24)17-19-10-12-26(13-11-19)23-15-21-5-1-2-6-22(21)16-23/h1-2,5-6,19-20,23-24H,3-4,7-18H2/t24-/m1/s1. The molecule has 0 N–H and O–H groups in total. The summed E-state index contributed by atoms with van der Waals surface area (Å²) in [6.45, 7) is 5.03. The average molecular weight is 397 g/mol. The quantitative estimate of drug-likeness (QED) is 0.735. The van der Waals surface area contributed by atoms with Gasteiger partial charge in [-0.25, -0.2) is 0 Å². The molecule has 29 heavy (non-hydrogen) atoms. The summed E-state index contributed by atoms with van der Waals surface area (Å²) in [5.41, 5.74) is 3.10. The Labute approximate surface area is 175 Å². The maximum absolute atomic E-state index is 13.0. The summed E-state index contributed by atoms with van der Waals surface area (Å²) in [5, 5.41) is 0. The van der Waals surface area contributed by atoms with Crippen molar-refractivity contribution < 1.29 is 9.53 Å². The average Bonchev–Trinajstić information content (AvgIpc) is 3.36. The zero-order chi connectivity index (χ0) is 19.6. The highest BCUT2D eigenvalue weighted by Crippen LogP contribution is 2.32. The van der Waals surface area contributed by atoms with Gasteiger partial charge in [-0.2, -0.15) is 0 Å². The number of carbonyl (C=O) groups is 1. The number of hydrogen-bond donors (Lipinski definition) is 0. The molecule has 158 valence electrons. The fourth-order valence-electron chi connectivity index (χ4n) is 5.81. The molecule has 0 radical (unpaired) electrons. The smallest absolute Gasteiger partial charge is 0.225 e. The highest BCUT2D eigenvalue weighted by molar-refractivity contribution is 5.79. The number of amides is 1. The molecule has 1 atom stereocenters. The molecule has 1 aromatic rings. The lowest BCUT2D eigenvalue weighted by molar-refractivity contribution is -0.140. The largest absolute Gasteiger partial charge is 0.376 e. The van der Waals surface area contributed by atoms with Gasteiger partial charge in [0, 0.05) is 31.7 Å². The van der Waals surface area contributed by atoms with Crippen molar-refractivity contribution in [3.63, 3.8) is 0 Å². The number of rotatable bonds is 6. The van der Waals surface area contributed by atoms with E-state index in [9.17, 15) is 4.79 Å². The molecule has 0 aromatic heterocycles. The second-order valence-corrected chi connectivity index (χ2v) is 9.82. The highest BCUT2D eigenvalue weighted by atomic mass is 16.5. The van der Waals surface area contributed by atoms with Crippen molar-refractivity contribution in [3.8, 4) is 0 Å². The number of piperidine rings is 1. The molecule has 1 amide bonds. The van der Waals surface area contributed by atoms with Crippen LogP contribution in [0.3, 0.4) is 0 Å². The van der Waals surface area contributed by atoms with E-state index >= 15 is 0 Å². The lowest BCUT2D eigenvalue weighted by Crippen LogP contribution is -2.48. The van der Waals surface area contributed by atoms with Crippen LogP contribution in [0.4, 0.5) is 0 Å². The minimum atomic E-state index is 0.274. The third-order valence-electron chi connectivity index (χ3n) is 7.89. The molecule has 1 saturated carbocycles. The molecule has 0 unspecified atom stereocenters. The summed E-state index contributed by atoms with van der Waals surface area (Å²) in [6, 6.07) is 9.64. The van der Waals surface area contributed by atoms with Crippen LogP contribution in [0.5, 0.6) is 0 Å². The van der Waals surface area contributed by atoms with E-state index in [4.69, 9.17) is 4.74 Å². The lowest BCUT2D eigenvalue weighted by atomic mass is 9.84. The van der Waals surface area contributed by atoms with Gasteiger partial charge in [-0.3, -0.25) is 9.69 Å². The molecule has 2 heterocycles. The number of hydrogen-bond acceptors (Lipinski definition) is 3. The second-order valence-electron chi connectivity index (χ2n) is 9.82. The molecule has 2 saturated heterocycles. The first kappa shape index (κ1) is 19.6. The van der Waals surface area contributed by atoms with Crippen molar-refractivity contribution in [1.29, 1.82) is 0 Å². The van der Waals surface area contributed by atoms with Crippen molar-refractivity contribution >= 4 is 5.91 Å². The number of nitrogens with zero attached hydrogens (tertiary/aromatic N) is 2. The van der Waals surface area contributed by atoms with Gasteiger partial charge in [0.1, 0.15) is 0 Å². The molecule has 1 aromatic carbocycles. The van der Waals surface area contributed by atoms with Gasteiger partial charge in [-0.1, -0.05) is 30.7 Å². The first-order valence-electron chi connectivity index (χ1n) is 12.0. The Balaban J connectivity index is 1.14. The third-order valence-corrected chi connectivity index (χ3v) is 7.89. The Hall–Kier alpha value is -1.39. The van der Waals surface area contributed by atoms with Crippen LogP contribution in [0.25, 0.3) is 0 Å². The van der Waals surface area contributed by atoms with Crippen molar-refractivity contribution in [2.24, 2.45) is 11.8 Å². The van der Waals surface area contributed by atoms with Gasteiger partial charge in [0.05, 0.1) is 6.10 Å². The molecule has 0 spiro atoms. The SMILES string of the molecule is O=C(C1CCC1)N(CC1CCN(C2Cc3ccccc3C2)CC1)C[C@H]1CCCO1. The van der Waals surface area contributed by atoms with E-state index in [-0.39, 0.29) is 6.10 Å². The normalized spacial score (nSPS) is 26.4. The molecule has 4 nitrogen and oxygen atoms in total. The van der Waals surface area contributed by atoms with Gasteiger partial charge in [0.25, 0.3) is 0 Å². The minimum Gasteiger partial charge on any atom is -0.376 e. The molecular formula is C25H36N2O2. The van der Waals surface area contributed by atoms with Gasteiger partial charge in [0.15, 0.2) is 0 Å². The van der Waals surface area contributed by atoms with Crippen LogP contribution in [0.1, 0.15) is 56.1 Å². The predicted octanol–water partition coefficient (Wildman–Crippen LogP) is 3.67. The van der Waals surface area contributed by atoms with Gasteiger partial charge in [0.2, 0.25) is 5.91 Å². The molecule has 4 heteroatoms. The fraction of sp³-hybridized carbons (Fsp3) is 0.720. The van der Waals surface area contributed by atoms with Crippen LogP contribution in [0.2, 0.25) is 0 Å². The second kappa shape index (κ2) is 8.77. The molecule has 2 aliphatic heterocycles. The molecule has 0 bridgehead atoms. The Morgan fingerprint density at radius 1 is 0.966 bits per heavy atom. The molecule has 3 fully saturated rings. The van der Waals surface area contributed by atoms with Gasteiger partial charge < -0.3 is 9.64 Å². The summed E-state index contributed by atoms with van der Waals surface area (Å²) >= 11 is 0. The molecular weight excluding hydrogens is 360 g/mol. The van der Waals surface area contributed by atoms with E-state index in [0.717, 1.165) is 45.4 Å². The third kappa shape index (κ3) is 4.39. The van der Waals surface area contributed by atoms with Crippen molar-refractivity contribution in [2.75, 3.05) is 32.8 Å². The zero-order valence-electron chi connectivity index (χ0n) is 17.7. The fourth-order valence-corrected chi connectivity index (χ4v) is 5.81. The van der Waals surface area contributed by atoms with E-state index in [1.165, 1.54) is 45.2 Å². The number of ether oxygens (including phenoxy) is 1. The van der Waals surface area contributed by atoms with E-state index in [1.54, 1.807) is 11.1 Å².